The molecule has 4 rings (SSSR count). The molecule has 1 aliphatic carbocycles. The summed E-state index contributed by atoms with van der Waals surface area (Å²) in [6.45, 7) is 2.07. The van der Waals surface area contributed by atoms with Crippen molar-refractivity contribution in [3.63, 3.8) is 0 Å². The third-order valence-electron chi connectivity index (χ3n) is 4.46. The average molecular weight is 259 g/mol. The molecule has 0 fully saturated rings. The lowest BCUT2D eigenvalue weighted by Crippen LogP contribution is -1.90. The van der Waals surface area contributed by atoms with Crippen LogP contribution in [0.5, 0.6) is 0 Å². The topological polar surface area (TPSA) is 26.0 Å². The highest BCUT2D eigenvalue weighted by Crippen LogP contribution is 2.37. The largest absolute Gasteiger partial charge is 0.399 e. The van der Waals surface area contributed by atoms with Crippen molar-refractivity contribution >= 4 is 16.5 Å². The van der Waals surface area contributed by atoms with Crippen LogP contribution in [-0.4, -0.2) is 0 Å². The summed E-state index contributed by atoms with van der Waals surface area (Å²) in [6, 6.07) is 17.6. The van der Waals surface area contributed by atoms with Crippen LogP contribution in [0.25, 0.3) is 21.9 Å². The summed E-state index contributed by atoms with van der Waals surface area (Å²) in [5, 5.41) is 2.85. The zero-order chi connectivity index (χ0) is 13.7. The number of rotatable bonds is 1. The Bertz CT molecular complexity index is 820. The van der Waals surface area contributed by atoms with E-state index in [0.717, 1.165) is 11.3 Å². The Morgan fingerprint density at radius 3 is 2.50 bits per heavy atom. The monoisotopic (exact) mass is 259 g/mol. The van der Waals surface area contributed by atoms with Crippen molar-refractivity contribution in [2.45, 2.75) is 19.8 Å². The van der Waals surface area contributed by atoms with Crippen molar-refractivity contribution in [3.05, 3.63) is 65.2 Å². The molecule has 0 bridgehead atoms. The van der Waals surface area contributed by atoms with E-state index in [1.54, 1.807) is 0 Å². The molecule has 1 heteroatoms. The van der Waals surface area contributed by atoms with Gasteiger partial charge < -0.3 is 5.73 Å². The first kappa shape index (κ1) is 11.5. The Morgan fingerprint density at radius 2 is 1.70 bits per heavy atom. The van der Waals surface area contributed by atoms with Crippen LogP contribution in [0, 0.1) is 6.92 Å². The van der Waals surface area contributed by atoms with Gasteiger partial charge in [-0.2, -0.15) is 0 Å². The van der Waals surface area contributed by atoms with Crippen LogP contribution >= 0.6 is 0 Å². The Labute approximate surface area is 119 Å². The van der Waals surface area contributed by atoms with Crippen LogP contribution in [0.15, 0.2) is 48.5 Å². The van der Waals surface area contributed by atoms with Gasteiger partial charge in [-0.15, -0.1) is 0 Å². The molecule has 2 N–H and O–H groups in total. The van der Waals surface area contributed by atoms with Crippen LogP contribution in [0.3, 0.4) is 0 Å². The van der Waals surface area contributed by atoms with E-state index in [0.29, 0.717) is 0 Å². The molecule has 3 aromatic carbocycles. The van der Waals surface area contributed by atoms with Gasteiger partial charge in [0.05, 0.1) is 0 Å². The number of nitrogens with two attached hydrogens (primary N) is 1. The van der Waals surface area contributed by atoms with Crippen molar-refractivity contribution in [1.29, 1.82) is 0 Å². The van der Waals surface area contributed by atoms with Crippen LogP contribution in [0.2, 0.25) is 0 Å². The smallest absolute Gasteiger partial charge is 0.0344 e. The predicted octanol–water partition coefficient (Wildman–Crippen LogP) is 4.50. The van der Waals surface area contributed by atoms with Gasteiger partial charge in [0.1, 0.15) is 0 Å². The third kappa shape index (κ3) is 1.56. The molecule has 0 saturated heterocycles. The van der Waals surface area contributed by atoms with Gasteiger partial charge in [0, 0.05) is 5.69 Å². The van der Waals surface area contributed by atoms with Gasteiger partial charge in [0.25, 0.3) is 0 Å². The van der Waals surface area contributed by atoms with E-state index in [1.165, 1.54) is 45.9 Å². The molecule has 98 valence electrons. The summed E-state index contributed by atoms with van der Waals surface area (Å²) in [5.74, 6) is 0. The van der Waals surface area contributed by atoms with Gasteiger partial charge in [0.15, 0.2) is 0 Å². The summed E-state index contributed by atoms with van der Waals surface area (Å²) in [4.78, 5) is 0. The van der Waals surface area contributed by atoms with Gasteiger partial charge in [-0.3, -0.25) is 0 Å². The fraction of sp³-hybridized carbons (Fsp3) is 0.158. The van der Waals surface area contributed by atoms with Crippen molar-refractivity contribution < 1.29 is 0 Å². The van der Waals surface area contributed by atoms with Crippen molar-refractivity contribution in [2.24, 2.45) is 0 Å². The fourth-order valence-corrected chi connectivity index (χ4v) is 3.34. The zero-order valence-corrected chi connectivity index (χ0v) is 11.6. The normalized spacial score (nSPS) is 13.1. The molecule has 0 aromatic heterocycles. The molecule has 0 heterocycles. The second-order valence-corrected chi connectivity index (χ2v) is 5.68. The van der Waals surface area contributed by atoms with E-state index in [9.17, 15) is 0 Å². The number of nitrogen functional groups attached to an aromatic ring is 1. The maximum Gasteiger partial charge on any atom is 0.0344 e. The maximum atomic E-state index is 5.94. The first-order valence-corrected chi connectivity index (χ1v) is 7.14. The molecule has 20 heavy (non-hydrogen) atoms. The molecule has 0 radical (unpaired) electrons. The van der Waals surface area contributed by atoms with E-state index >= 15 is 0 Å². The van der Waals surface area contributed by atoms with Gasteiger partial charge >= 0.3 is 0 Å². The van der Waals surface area contributed by atoms with Crippen molar-refractivity contribution in [1.82, 2.24) is 0 Å². The molecule has 0 amide bonds. The van der Waals surface area contributed by atoms with Gasteiger partial charge in [-0.1, -0.05) is 36.4 Å². The zero-order valence-electron chi connectivity index (χ0n) is 11.6. The standard InChI is InChI=1S/C19H17N/c1-12-11-15(8-10-18(12)20)16-9-7-14-6-5-13-3-2-4-17(16)19(13)14/h2-4,7-11H,5-6,20H2,1H3. The second kappa shape index (κ2) is 4.11. The van der Waals surface area contributed by atoms with Gasteiger partial charge in [0.2, 0.25) is 0 Å². The van der Waals surface area contributed by atoms with Gasteiger partial charge in [-0.05, 0) is 70.5 Å². The second-order valence-electron chi connectivity index (χ2n) is 5.68. The number of hydrogen-bond acceptors (Lipinski definition) is 1. The minimum atomic E-state index is 0.861. The van der Waals surface area contributed by atoms with E-state index < -0.39 is 0 Å². The molecule has 0 saturated carbocycles. The van der Waals surface area contributed by atoms with E-state index in [1.807, 2.05) is 6.07 Å². The van der Waals surface area contributed by atoms with Crippen LogP contribution in [-0.2, 0) is 12.8 Å². The molecular weight excluding hydrogens is 242 g/mol. The number of benzene rings is 3. The maximum absolute atomic E-state index is 5.94. The number of hydrogen-bond donors (Lipinski definition) is 1. The minimum absolute atomic E-state index is 0.861. The van der Waals surface area contributed by atoms with Crippen LogP contribution < -0.4 is 5.73 Å². The van der Waals surface area contributed by atoms with Crippen molar-refractivity contribution in [2.75, 3.05) is 5.73 Å². The summed E-state index contributed by atoms with van der Waals surface area (Å²) >= 11 is 0. The Balaban J connectivity index is 2.04. The van der Waals surface area contributed by atoms with Gasteiger partial charge in [-0.25, -0.2) is 0 Å². The lowest BCUT2D eigenvalue weighted by molar-refractivity contribution is 1.02. The molecule has 1 nitrogen and oxygen atoms in total. The molecule has 0 unspecified atom stereocenters. The number of anilines is 1. The Kier molecular flexibility index (Phi) is 2.37. The summed E-state index contributed by atoms with van der Waals surface area (Å²) < 4.78 is 0. The van der Waals surface area contributed by atoms with Crippen LogP contribution in [0.4, 0.5) is 5.69 Å². The highest BCUT2D eigenvalue weighted by atomic mass is 14.5. The molecule has 0 aliphatic heterocycles. The lowest BCUT2D eigenvalue weighted by atomic mass is 9.94. The van der Waals surface area contributed by atoms with Crippen LogP contribution in [0.1, 0.15) is 16.7 Å². The third-order valence-corrected chi connectivity index (χ3v) is 4.46. The molecule has 1 aliphatic rings. The fourth-order valence-electron chi connectivity index (χ4n) is 3.34. The van der Waals surface area contributed by atoms with E-state index in [4.69, 9.17) is 5.73 Å². The molecule has 3 aromatic rings. The highest BCUT2D eigenvalue weighted by Gasteiger charge is 2.16. The minimum Gasteiger partial charge on any atom is -0.399 e. The van der Waals surface area contributed by atoms with E-state index in [-0.39, 0.29) is 0 Å². The summed E-state index contributed by atoms with van der Waals surface area (Å²) in [7, 11) is 0. The molecule has 0 atom stereocenters. The predicted molar refractivity (Wildman–Crippen MR) is 85.9 cm³/mol. The SMILES string of the molecule is Cc1cc(-c2ccc3c4c(cccc24)CC3)ccc1N. The van der Waals surface area contributed by atoms with E-state index in [2.05, 4.69) is 49.4 Å². The first-order valence-electron chi connectivity index (χ1n) is 7.14. The average Bonchev–Trinajstić information content (AvgIpc) is 2.88. The first-order chi connectivity index (χ1) is 9.74. The quantitative estimate of drug-likeness (QED) is 0.640. The Hall–Kier alpha value is -2.28. The summed E-state index contributed by atoms with van der Waals surface area (Å²) in [6.07, 6.45) is 2.35. The Morgan fingerprint density at radius 1 is 0.900 bits per heavy atom. The molecule has 0 spiro atoms. The highest BCUT2D eigenvalue weighted by molar-refractivity contribution is 6.01. The molecular formula is C19H17N. The summed E-state index contributed by atoms with van der Waals surface area (Å²) in [5.41, 5.74) is 13.5. The lowest BCUT2D eigenvalue weighted by Gasteiger charge is -2.11. The number of aryl methyl sites for hydroxylation is 3. The van der Waals surface area contributed by atoms with Crippen molar-refractivity contribution in [3.8, 4) is 11.1 Å².